The highest BCUT2D eigenvalue weighted by Gasteiger charge is 2.24. The Morgan fingerprint density at radius 2 is 1.87 bits per heavy atom. The van der Waals surface area contributed by atoms with Crippen LogP contribution in [0, 0.1) is 0 Å². The molecule has 4 rings (SSSR count). The fraction of sp³-hybridized carbons (Fsp3) is 0.409. The third-order valence-corrected chi connectivity index (χ3v) is 5.74. The van der Waals surface area contributed by atoms with Gasteiger partial charge in [0.25, 0.3) is 5.56 Å². The molecule has 2 aromatic heterocycles. The van der Waals surface area contributed by atoms with Gasteiger partial charge in [-0.1, -0.05) is 36.4 Å². The van der Waals surface area contributed by atoms with Crippen molar-refractivity contribution in [3.63, 3.8) is 0 Å². The minimum absolute atomic E-state index is 0.408. The second-order valence-corrected chi connectivity index (χ2v) is 7.72. The second-order valence-electron chi connectivity index (χ2n) is 7.72. The average molecular weight is 409 g/mol. The number of allylic oxidation sites excluding steroid dienone is 1. The molecule has 0 radical (unpaired) electrons. The van der Waals surface area contributed by atoms with Crippen LogP contribution in [0.1, 0.15) is 12.0 Å². The van der Waals surface area contributed by atoms with Crippen LogP contribution in [-0.2, 0) is 20.0 Å². The minimum Gasteiger partial charge on any atom is -0.340 e. The smallest absolute Gasteiger partial charge is 0.329 e. The van der Waals surface area contributed by atoms with Crippen LogP contribution in [0.2, 0.25) is 0 Å². The fourth-order valence-corrected chi connectivity index (χ4v) is 4.09. The number of benzene rings is 1. The summed E-state index contributed by atoms with van der Waals surface area (Å²) in [6, 6.07) is 10.6. The number of imidazole rings is 1. The molecule has 1 N–H and O–H groups in total. The summed E-state index contributed by atoms with van der Waals surface area (Å²) < 4.78 is 3.24. The lowest BCUT2D eigenvalue weighted by Crippen LogP contribution is -2.47. The first kappa shape index (κ1) is 20.2. The van der Waals surface area contributed by atoms with E-state index in [0.717, 1.165) is 51.5 Å². The van der Waals surface area contributed by atoms with E-state index in [9.17, 15) is 9.59 Å². The lowest BCUT2D eigenvalue weighted by molar-refractivity contribution is 0.253. The number of aromatic amines is 1. The van der Waals surface area contributed by atoms with Gasteiger partial charge in [0, 0.05) is 39.8 Å². The van der Waals surface area contributed by atoms with E-state index in [2.05, 4.69) is 50.6 Å². The topological polar surface area (TPSA) is 79.2 Å². The molecule has 0 aliphatic carbocycles. The summed E-state index contributed by atoms with van der Waals surface area (Å²) >= 11 is 0. The van der Waals surface area contributed by atoms with Crippen molar-refractivity contribution >= 4 is 17.1 Å². The van der Waals surface area contributed by atoms with Crippen molar-refractivity contribution in [2.45, 2.75) is 19.4 Å². The van der Waals surface area contributed by atoms with Crippen LogP contribution in [0.15, 0.2) is 52.6 Å². The number of anilines is 1. The molecular weight excluding hydrogens is 380 g/mol. The SMILES string of the molecule is C=CCn1c(N2CCN(CCCc3ccccc3)CC2)nc2c1c(=O)[nH]c(=O)n2C. The molecule has 1 fully saturated rings. The summed E-state index contributed by atoms with van der Waals surface area (Å²) in [6.45, 7) is 8.90. The Hall–Kier alpha value is -3.13. The maximum Gasteiger partial charge on any atom is 0.329 e. The summed E-state index contributed by atoms with van der Waals surface area (Å²) in [6.07, 6.45) is 3.97. The van der Waals surface area contributed by atoms with Crippen LogP contribution in [-0.4, -0.2) is 56.7 Å². The molecule has 0 spiro atoms. The largest absolute Gasteiger partial charge is 0.340 e. The third kappa shape index (κ3) is 3.95. The number of aromatic nitrogens is 4. The van der Waals surface area contributed by atoms with Gasteiger partial charge in [0.2, 0.25) is 5.95 Å². The summed E-state index contributed by atoms with van der Waals surface area (Å²) in [5.41, 5.74) is 1.34. The predicted molar refractivity (Wildman–Crippen MR) is 119 cm³/mol. The van der Waals surface area contributed by atoms with E-state index in [-0.39, 0.29) is 0 Å². The van der Waals surface area contributed by atoms with Crippen LogP contribution < -0.4 is 16.1 Å². The van der Waals surface area contributed by atoms with Crippen molar-refractivity contribution in [2.24, 2.45) is 7.05 Å². The molecule has 1 aliphatic heterocycles. The first-order valence-electron chi connectivity index (χ1n) is 10.4. The van der Waals surface area contributed by atoms with Gasteiger partial charge in [0.15, 0.2) is 11.2 Å². The van der Waals surface area contributed by atoms with Crippen LogP contribution in [0.25, 0.3) is 11.2 Å². The molecule has 0 bridgehead atoms. The van der Waals surface area contributed by atoms with E-state index in [0.29, 0.717) is 17.7 Å². The standard InChI is InChI=1S/C22H28N6O2/c1-3-11-28-18-19(25(2)22(30)24-20(18)29)23-21(28)27-15-13-26(14-16-27)12-7-10-17-8-5-4-6-9-17/h3-6,8-9H,1,7,10-16H2,2H3,(H,24,29,30). The molecule has 0 amide bonds. The van der Waals surface area contributed by atoms with Crippen molar-refractivity contribution in [1.29, 1.82) is 0 Å². The molecule has 1 saturated heterocycles. The Bertz CT molecular complexity index is 1140. The van der Waals surface area contributed by atoms with E-state index in [4.69, 9.17) is 0 Å². The zero-order chi connectivity index (χ0) is 21.1. The molecular formula is C22H28N6O2. The van der Waals surface area contributed by atoms with Gasteiger partial charge in [-0.2, -0.15) is 4.98 Å². The average Bonchev–Trinajstić information content (AvgIpc) is 3.14. The van der Waals surface area contributed by atoms with E-state index in [1.165, 1.54) is 10.1 Å². The molecule has 1 aromatic carbocycles. The van der Waals surface area contributed by atoms with Gasteiger partial charge in [0.1, 0.15) is 0 Å². The Morgan fingerprint density at radius 1 is 1.13 bits per heavy atom. The van der Waals surface area contributed by atoms with Crippen LogP contribution in [0.4, 0.5) is 5.95 Å². The highest BCUT2D eigenvalue weighted by molar-refractivity contribution is 5.74. The number of H-pyrrole nitrogens is 1. The van der Waals surface area contributed by atoms with E-state index in [1.54, 1.807) is 13.1 Å². The van der Waals surface area contributed by atoms with Crippen molar-refractivity contribution in [3.8, 4) is 0 Å². The number of hydrogen-bond acceptors (Lipinski definition) is 5. The zero-order valence-electron chi connectivity index (χ0n) is 17.4. The Kier molecular flexibility index (Phi) is 5.85. The van der Waals surface area contributed by atoms with Crippen molar-refractivity contribution < 1.29 is 0 Å². The van der Waals surface area contributed by atoms with Gasteiger partial charge in [-0.15, -0.1) is 6.58 Å². The highest BCUT2D eigenvalue weighted by Crippen LogP contribution is 2.21. The maximum absolute atomic E-state index is 12.4. The van der Waals surface area contributed by atoms with Gasteiger partial charge in [-0.3, -0.25) is 19.2 Å². The van der Waals surface area contributed by atoms with Crippen molar-refractivity contribution in [1.82, 2.24) is 24.0 Å². The van der Waals surface area contributed by atoms with Gasteiger partial charge in [0.05, 0.1) is 0 Å². The number of hydrogen-bond donors (Lipinski definition) is 1. The Labute approximate surface area is 175 Å². The summed E-state index contributed by atoms with van der Waals surface area (Å²) in [5.74, 6) is 0.723. The lowest BCUT2D eigenvalue weighted by atomic mass is 10.1. The van der Waals surface area contributed by atoms with Crippen LogP contribution in [0.3, 0.4) is 0 Å². The first-order chi connectivity index (χ1) is 14.6. The van der Waals surface area contributed by atoms with Gasteiger partial charge < -0.3 is 9.47 Å². The summed E-state index contributed by atoms with van der Waals surface area (Å²) in [5, 5.41) is 0. The maximum atomic E-state index is 12.4. The molecule has 8 nitrogen and oxygen atoms in total. The third-order valence-electron chi connectivity index (χ3n) is 5.74. The van der Waals surface area contributed by atoms with E-state index >= 15 is 0 Å². The molecule has 0 unspecified atom stereocenters. The molecule has 30 heavy (non-hydrogen) atoms. The Balaban J connectivity index is 1.46. The van der Waals surface area contributed by atoms with Gasteiger partial charge >= 0.3 is 5.69 Å². The van der Waals surface area contributed by atoms with Crippen molar-refractivity contribution in [3.05, 3.63) is 69.4 Å². The normalized spacial score (nSPS) is 15.0. The monoisotopic (exact) mass is 408 g/mol. The molecule has 0 saturated carbocycles. The number of nitrogens with zero attached hydrogens (tertiary/aromatic N) is 5. The highest BCUT2D eigenvalue weighted by atomic mass is 16.2. The minimum atomic E-state index is -0.453. The molecule has 8 heteroatoms. The number of nitrogens with one attached hydrogen (secondary N) is 1. The molecule has 3 heterocycles. The molecule has 1 aliphatic rings. The number of rotatable bonds is 7. The van der Waals surface area contributed by atoms with Crippen LogP contribution >= 0.6 is 0 Å². The quantitative estimate of drug-likeness (QED) is 0.598. The van der Waals surface area contributed by atoms with E-state index < -0.39 is 11.2 Å². The number of fused-ring (bicyclic) bond motifs is 1. The van der Waals surface area contributed by atoms with Gasteiger partial charge in [-0.05, 0) is 24.9 Å². The number of piperazine rings is 1. The summed E-state index contributed by atoms with van der Waals surface area (Å²) in [4.78, 5) is 36.1. The van der Waals surface area contributed by atoms with Crippen molar-refractivity contribution in [2.75, 3.05) is 37.6 Å². The van der Waals surface area contributed by atoms with E-state index in [1.807, 2.05) is 10.6 Å². The molecule has 158 valence electrons. The number of aryl methyl sites for hydroxylation is 2. The molecule has 0 atom stereocenters. The molecule has 3 aromatic rings. The summed E-state index contributed by atoms with van der Waals surface area (Å²) in [7, 11) is 1.63. The second kappa shape index (κ2) is 8.71. The van der Waals surface area contributed by atoms with Gasteiger partial charge in [-0.25, -0.2) is 4.79 Å². The fourth-order valence-electron chi connectivity index (χ4n) is 4.09. The first-order valence-corrected chi connectivity index (χ1v) is 10.4. The Morgan fingerprint density at radius 3 is 2.57 bits per heavy atom. The predicted octanol–water partition coefficient (Wildman–Crippen LogP) is 1.36. The lowest BCUT2D eigenvalue weighted by Gasteiger charge is -2.35. The van der Waals surface area contributed by atoms with Crippen LogP contribution in [0.5, 0.6) is 0 Å². The zero-order valence-corrected chi connectivity index (χ0v) is 17.4.